The molecule has 0 saturated carbocycles. The van der Waals surface area contributed by atoms with Crippen molar-refractivity contribution in [2.75, 3.05) is 21.3 Å². The quantitative estimate of drug-likeness (QED) is 0.787. The zero-order valence-electron chi connectivity index (χ0n) is 13.9. The lowest BCUT2D eigenvalue weighted by molar-refractivity contribution is -0.130. The van der Waals surface area contributed by atoms with Crippen molar-refractivity contribution in [3.05, 3.63) is 59.7 Å². The first-order chi connectivity index (χ1) is 11.1. The van der Waals surface area contributed by atoms with Crippen molar-refractivity contribution in [1.29, 1.82) is 0 Å². The van der Waals surface area contributed by atoms with Crippen LogP contribution in [0.2, 0.25) is 0 Å². The van der Waals surface area contributed by atoms with E-state index in [0.717, 1.165) is 12.0 Å². The zero-order chi connectivity index (χ0) is 16.7. The number of rotatable bonds is 7. The van der Waals surface area contributed by atoms with Crippen LogP contribution in [0.5, 0.6) is 11.5 Å². The summed E-state index contributed by atoms with van der Waals surface area (Å²) in [7, 11) is 5.04. The third kappa shape index (κ3) is 4.74. The Labute approximate surface area is 137 Å². The van der Waals surface area contributed by atoms with Crippen molar-refractivity contribution in [3.8, 4) is 11.5 Å². The molecule has 2 rings (SSSR count). The van der Waals surface area contributed by atoms with Crippen LogP contribution in [0, 0.1) is 0 Å². The summed E-state index contributed by atoms with van der Waals surface area (Å²) in [5.74, 6) is 1.49. The molecular weight excluding hydrogens is 290 g/mol. The van der Waals surface area contributed by atoms with Crippen molar-refractivity contribution < 1.29 is 14.3 Å². The van der Waals surface area contributed by atoms with E-state index in [0.29, 0.717) is 24.5 Å². The van der Waals surface area contributed by atoms with Crippen LogP contribution in [0.3, 0.4) is 0 Å². The number of benzene rings is 2. The van der Waals surface area contributed by atoms with Crippen LogP contribution in [0.25, 0.3) is 0 Å². The Balaban J connectivity index is 1.93. The molecule has 0 aliphatic carbocycles. The highest BCUT2D eigenvalue weighted by atomic mass is 16.5. The number of carbonyl (C=O) groups is 1. The summed E-state index contributed by atoms with van der Waals surface area (Å²) >= 11 is 0. The van der Waals surface area contributed by atoms with Gasteiger partial charge in [0, 0.05) is 20.0 Å². The van der Waals surface area contributed by atoms with Gasteiger partial charge in [-0.15, -0.1) is 0 Å². The highest BCUT2D eigenvalue weighted by Crippen LogP contribution is 2.27. The van der Waals surface area contributed by atoms with Gasteiger partial charge in [0.25, 0.3) is 0 Å². The molecule has 4 heteroatoms. The molecule has 1 amide bonds. The Morgan fingerprint density at radius 1 is 0.957 bits per heavy atom. The fraction of sp³-hybridized carbons (Fsp3) is 0.316. The molecule has 0 unspecified atom stereocenters. The maximum Gasteiger partial charge on any atom is 0.222 e. The molecule has 0 bridgehead atoms. The number of carbonyl (C=O) groups excluding carboxylic acids is 1. The molecule has 0 aliphatic rings. The second-order valence-electron chi connectivity index (χ2n) is 5.42. The lowest BCUT2D eigenvalue weighted by atomic mass is 10.1. The SMILES string of the molecule is COc1ccc(CN(C)C(=O)CCc2ccccc2)cc1OC. The van der Waals surface area contributed by atoms with Crippen LogP contribution < -0.4 is 9.47 Å². The summed E-state index contributed by atoms with van der Waals surface area (Å²) in [6.45, 7) is 0.550. The van der Waals surface area contributed by atoms with E-state index < -0.39 is 0 Å². The predicted molar refractivity (Wildman–Crippen MR) is 90.8 cm³/mol. The van der Waals surface area contributed by atoms with Crippen molar-refractivity contribution in [1.82, 2.24) is 4.90 Å². The van der Waals surface area contributed by atoms with Crippen molar-refractivity contribution in [3.63, 3.8) is 0 Å². The number of hydrogen-bond acceptors (Lipinski definition) is 3. The Morgan fingerprint density at radius 3 is 2.30 bits per heavy atom. The first kappa shape index (κ1) is 16.9. The van der Waals surface area contributed by atoms with E-state index in [1.54, 1.807) is 19.1 Å². The van der Waals surface area contributed by atoms with Crippen LogP contribution in [0.4, 0.5) is 0 Å². The van der Waals surface area contributed by atoms with Gasteiger partial charge in [0.1, 0.15) is 0 Å². The lowest BCUT2D eigenvalue weighted by Crippen LogP contribution is -2.26. The maximum absolute atomic E-state index is 12.3. The molecule has 122 valence electrons. The molecule has 0 radical (unpaired) electrons. The molecule has 0 aromatic heterocycles. The number of ether oxygens (including phenoxy) is 2. The van der Waals surface area contributed by atoms with Gasteiger partial charge in [0.15, 0.2) is 11.5 Å². The summed E-state index contributed by atoms with van der Waals surface area (Å²) < 4.78 is 10.5. The third-order valence-electron chi connectivity index (χ3n) is 3.76. The minimum absolute atomic E-state index is 0.128. The summed E-state index contributed by atoms with van der Waals surface area (Å²) in [4.78, 5) is 14.0. The number of amides is 1. The molecule has 0 fully saturated rings. The van der Waals surface area contributed by atoms with Gasteiger partial charge >= 0.3 is 0 Å². The van der Waals surface area contributed by atoms with Gasteiger partial charge < -0.3 is 14.4 Å². The first-order valence-corrected chi connectivity index (χ1v) is 7.63. The topological polar surface area (TPSA) is 38.8 Å². The van der Waals surface area contributed by atoms with Gasteiger partial charge in [0.2, 0.25) is 5.91 Å². The van der Waals surface area contributed by atoms with Crippen LogP contribution in [-0.4, -0.2) is 32.1 Å². The molecule has 0 spiro atoms. The molecular formula is C19H23NO3. The van der Waals surface area contributed by atoms with E-state index in [2.05, 4.69) is 0 Å². The number of methoxy groups -OCH3 is 2. The van der Waals surface area contributed by atoms with Gasteiger partial charge in [-0.3, -0.25) is 4.79 Å². The molecule has 2 aromatic rings. The summed E-state index contributed by atoms with van der Waals surface area (Å²) in [5.41, 5.74) is 2.19. The average molecular weight is 313 g/mol. The van der Waals surface area contributed by atoms with E-state index in [1.807, 2.05) is 55.6 Å². The van der Waals surface area contributed by atoms with Gasteiger partial charge in [-0.05, 0) is 29.7 Å². The molecule has 0 atom stereocenters. The van der Waals surface area contributed by atoms with Gasteiger partial charge in [-0.25, -0.2) is 0 Å². The normalized spacial score (nSPS) is 10.2. The second kappa shape index (κ2) is 8.22. The largest absolute Gasteiger partial charge is 0.493 e. The minimum Gasteiger partial charge on any atom is -0.493 e. The average Bonchev–Trinajstić information content (AvgIpc) is 2.60. The van der Waals surface area contributed by atoms with Gasteiger partial charge in [-0.2, -0.15) is 0 Å². The smallest absolute Gasteiger partial charge is 0.222 e. The number of nitrogens with zero attached hydrogens (tertiary/aromatic N) is 1. The highest BCUT2D eigenvalue weighted by Gasteiger charge is 2.11. The molecule has 4 nitrogen and oxygen atoms in total. The van der Waals surface area contributed by atoms with Crippen molar-refractivity contribution >= 4 is 5.91 Å². The summed E-state index contributed by atoms with van der Waals surface area (Å²) in [6.07, 6.45) is 1.27. The highest BCUT2D eigenvalue weighted by molar-refractivity contribution is 5.76. The standard InChI is InChI=1S/C19H23NO3/c1-20(19(21)12-10-15-7-5-4-6-8-15)14-16-9-11-17(22-2)18(13-16)23-3/h4-9,11,13H,10,12,14H2,1-3H3. The second-order valence-corrected chi connectivity index (χ2v) is 5.42. The van der Waals surface area contributed by atoms with E-state index in [9.17, 15) is 4.79 Å². The fourth-order valence-electron chi connectivity index (χ4n) is 2.43. The summed E-state index contributed by atoms with van der Waals surface area (Å²) in [5, 5.41) is 0. The van der Waals surface area contributed by atoms with Crippen LogP contribution in [0.1, 0.15) is 17.5 Å². The van der Waals surface area contributed by atoms with Crippen molar-refractivity contribution in [2.24, 2.45) is 0 Å². The van der Waals surface area contributed by atoms with Crippen molar-refractivity contribution in [2.45, 2.75) is 19.4 Å². The molecule has 2 aromatic carbocycles. The summed E-state index contributed by atoms with van der Waals surface area (Å²) in [6, 6.07) is 15.8. The van der Waals surface area contributed by atoms with E-state index in [1.165, 1.54) is 5.56 Å². The van der Waals surface area contributed by atoms with E-state index in [4.69, 9.17) is 9.47 Å². The van der Waals surface area contributed by atoms with Crippen LogP contribution in [-0.2, 0) is 17.8 Å². The zero-order valence-corrected chi connectivity index (χ0v) is 13.9. The maximum atomic E-state index is 12.3. The van der Waals surface area contributed by atoms with E-state index in [-0.39, 0.29) is 5.91 Å². The Hall–Kier alpha value is -2.49. The minimum atomic E-state index is 0.128. The molecule has 0 aliphatic heterocycles. The third-order valence-corrected chi connectivity index (χ3v) is 3.76. The molecule has 23 heavy (non-hydrogen) atoms. The number of hydrogen-bond donors (Lipinski definition) is 0. The fourth-order valence-corrected chi connectivity index (χ4v) is 2.43. The Morgan fingerprint density at radius 2 is 1.65 bits per heavy atom. The van der Waals surface area contributed by atoms with E-state index >= 15 is 0 Å². The molecule has 0 saturated heterocycles. The van der Waals surface area contributed by atoms with Crippen LogP contribution >= 0.6 is 0 Å². The van der Waals surface area contributed by atoms with Gasteiger partial charge in [0.05, 0.1) is 14.2 Å². The first-order valence-electron chi connectivity index (χ1n) is 7.63. The molecule has 0 N–H and O–H groups in total. The van der Waals surface area contributed by atoms with Gasteiger partial charge in [-0.1, -0.05) is 36.4 Å². The predicted octanol–water partition coefficient (Wildman–Crippen LogP) is 3.30. The molecule has 0 heterocycles. The lowest BCUT2D eigenvalue weighted by Gasteiger charge is -2.18. The monoisotopic (exact) mass is 313 g/mol. The Bertz CT molecular complexity index is 640. The Kier molecular flexibility index (Phi) is 6.03. The van der Waals surface area contributed by atoms with Crippen LogP contribution in [0.15, 0.2) is 48.5 Å². The number of aryl methyl sites for hydroxylation is 1.